The van der Waals surface area contributed by atoms with E-state index in [1.54, 1.807) is 29.0 Å². The summed E-state index contributed by atoms with van der Waals surface area (Å²) in [6, 6.07) is 11.4. The number of ether oxygens (including phenoxy) is 2. The van der Waals surface area contributed by atoms with Crippen molar-refractivity contribution >= 4 is 11.8 Å². The molecule has 2 amide bonds. The van der Waals surface area contributed by atoms with Crippen molar-refractivity contribution in [3.05, 3.63) is 70.8 Å². The Morgan fingerprint density at radius 1 is 1.09 bits per heavy atom. The summed E-state index contributed by atoms with van der Waals surface area (Å²) in [4.78, 5) is 29.0. The Morgan fingerprint density at radius 2 is 1.73 bits per heavy atom. The van der Waals surface area contributed by atoms with E-state index >= 15 is 0 Å². The van der Waals surface area contributed by atoms with Crippen LogP contribution in [0.5, 0.6) is 0 Å². The van der Waals surface area contributed by atoms with Gasteiger partial charge in [-0.1, -0.05) is 17.7 Å². The van der Waals surface area contributed by atoms with E-state index in [1.165, 1.54) is 12.1 Å². The molecule has 1 aliphatic heterocycles. The Bertz CT molecular complexity index is 946. The van der Waals surface area contributed by atoms with E-state index in [4.69, 9.17) is 9.47 Å². The number of carbonyl (C=O) groups excluding carboxylic acids is 2. The predicted molar refractivity (Wildman–Crippen MR) is 116 cm³/mol. The number of amides is 2. The number of halogens is 3. The maximum Gasteiger partial charge on any atom is 0.416 e. The first kappa shape index (κ1) is 24.7. The Kier molecular flexibility index (Phi) is 8.10. The molecule has 9 heteroatoms. The molecule has 0 spiro atoms. The topological polar surface area (TPSA) is 59.1 Å². The van der Waals surface area contributed by atoms with E-state index in [0.29, 0.717) is 25.3 Å². The van der Waals surface area contributed by atoms with E-state index in [2.05, 4.69) is 0 Å². The van der Waals surface area contributed by atoms with Gasteiger partial charge >= 0.3 is 6.18 Å². The van der Waals surface area contributed by atoms with Crippen molar-refractivity contribution < 1.29 is 32.2 Å². The van der Waals surface area contributed by atoms with E-state index in [-0.39, 0.29) is 37.1 Å². The third kappa shape index (κ3) is 6.55. The third-order valence-electron chi connectivity index (χ3n) is 5.46. The molecule has 1 heterocycles. The lowest BCUT2D eigenvalue weighted by Crippen LogP contribution is -2.51. The molecule has 0 bridgehead atoms. The number of morpholine rings is 1. The van der Waals surface area contributed by atoms with Crippen LogP contribution in [0.25, 0.3) is 0 Å². The van der Waals surface area contributed by atoms with Crippen LogP contribution in [0.1, 0.15) is 31.8 Å². The normalized spacial score (nSPS) is 16.5. The smallest absolute Gasteiger partial charge is 0.383 e. The Balaban J connectivity index is 1.67. The van der Waals surface area contributed by atoms with Gasteiger partial charge < -0.3 is 19.3 Å². The van der Waals surface area contributed by atoms with Crippen LogP contribution in [0.4, 0.5) is 13.2 Å². The number of rotatable bonds is 7. The molecule has 1 aliphatic rings. The number of hydrogen-bond donors (Lipinski definition) is 0. The molecule has 0 aliphatic carbocycles. The number of nitrogens with zero attached hydrogens (tertiary/aromatic N) is 2. The quantitative estimate of drug-likeness (QED) is 0.628. The lowest BCUT2D eigenvalue weighted by atomic mass is 10.1. The monoisotopic (exact) mass is 464 g/mol. The van der Waals surface area contributed by atoms with Crippen molar-refractivity contribution in [2.75, 3.05) is 46.5 Å². The standard InChI is InChI=1S/C24H27F3N2O4/c1-17-3-5-18(6-4-17)22(30)28(11-13-32-2)15-21-16-29(12-14-33-21)23(31)19-7-9-20(10-8-19)24(25,26)27/h3-10,21H,11-16H2,1-2H3. The fourth-order valence-corrected chi connectivity index (χ4v) is 3.60. The number of methoxy groups -OCH3 is 1. The zero-order chi connectivity index (χ0) is 24.0. The lowest BCUT2D eigenvalue weighted by Gasteiger charge is -2.36. The molecule has 1 unspecified atom stereocenters. The van der Waals surface area contributed by atoms with Crippen molar-refractivity contribution in [2.24, 2.45) is 0 Å². The highest BCUT2D eigenvalue weighted by Crippen LogP contribution is 2.29. The first-order chi connectivity index (χ1) is 15.7. The fraction of sp³-hybridized carbons (Fsp3) is 0.417. The largest absolute Gasteiger partial charge is 0.416 e. The molecule has 3 rings (SSSR count). The summed E-state index contributed by atoms with van der Waals surface area (Å²) in [5.74, 6) is -0.535. The van der Waals surface area contributed by atoms with Gasteiger partial charge in [0, 0.05) is 44.4 Å². The van der Waals surface area contributed by atoms with Crippen LogP contribution >= 0.6 is 0 Å². The Labute approximate surface area is 190 Å². The molecule has 0 radical (unpaired) electrons. The second-order valence-corrected chi connectivity index (χ2v) is 7.93. The van der Waals surface area contributed by atoms with Gasteiger partial charge in [0.2, 0.25) is 0 Å². The molecule has 0 aromatic heterocycles. The summed E-state index contributed by atoms with van der Waals surface area (Å²) in [6.45, 7) is 3.72. The van der Waals surface area contributed by atoms with Gasteiger partial charge in [-0.15, -0.1) is 0 Å². The van der Waals surface area contributed by atoms with Crippen molar-refractivity contribution in [1.82, 2.24) is 9.80 Å². The van der Waals surface area contributed by atoms with Gasteiger partial charge in [-0.05, 0) is 43.3 Å². The molecule has 178 valence electrons. The van der Waals surface area contributed by atoms with Crippen molar-refractivity contribution in [1.29, 1.82) is 0 Å². The van der Waals surface area contributed by atoms with Gasteiger partial charge in [0.15, 0.2) is 0 Å². The molecule has 2 aromatic rings. The minimum atomic E-state index is -4.46. The highest BCUT2D eigenvalue weighted by atomic mass is 19.4. The predicted octanol–water partition coefficient (Wildman–Crippen LogP) is 3.64. The van der Waals surface area contributed by atoms with Crippen LogP contribution in [-0.2, 0) is 15.7 Å². The molecule has 1 atom stereocenters. The summed E-state index contributed by atoms with van der Waals surface area (Å²) in [5, 5.41) is 0. The second-order valence-electron chi connectivity index (χ2n) is 7.93. The van der Waals surface area contributed by atoms with Gasteiger partial charge in [0.1, 0.15) is 0 Å². The Hall–Kier alpha value is -2.91. The SMILES string of the molecule is COCCN(CC1CN(C(=O)c2ccc(C(F)(F)F)cc2)CCO1)C(=O)c1ccc(C)cc1. The average molecular weight is 464 g/mol. The van der Waals surface area contributed by atoms with Crippen LogP contribution in [0.2, 0.25) is 0 Å². The van der Waals surface area contributed by atoms with Gasteiger partial charge in [-0.25, -0.2) is 0 Å². The zero-order valence-electron chi connectivity index (χ0n) is 18.6. The summed E-state index contributed by atoms with van der Waals surface area (Å²) in [7, 11) is 1.55. The van der Waals surface area contributed by atoms with E-state index in [9.17, 15) is 22.8 Å². The van der Waals surface area contributed by atoms with E-state index < -0.39 is 17.8 Å². The molecule has 1 saturated heterocycles. The average Bonchev–Trinajstić information content (AvgIpc) is 2.81. The van der Waals surface area contributed by atoms with Crippen molar-refractivity contribution in [3.8, 4) is 0 Å². The van der Waals surface area contributed by atoms with Crippen molar-refractivity contribution in [3.63, 3.8) is 0 Å². The summed E-state index contributed by atoms with van der Waals surface area (Å²) >= 11 is 0. The van der Waals surface area contributed by atoms with E-state index in [0.717, 1.165) is 17.7 Å². The Morgan fingerprint density at radius 3 is 2.33 bits per heavy atom. The highest BCUT2D eigenvalue weighted by Gasteiger charge is 2.31. The number of aryl methyl sites for hydroxylation is 1. The first-order valence-corrected chi connectivity index (χ1v) is 10.6. The van der Waals surface area contributed by atoms with Crippen LogP contribution in [0.3, 0.4) is 0 Å². The molecule has 2 aromatic carbocycles. The van der Waals surface area contributed by atoms with Crippen LogP contribution in [-0.4, -0.2) is 74.2 Å². The number of benzene rings is 2. The van der Waals surface area contributed by atoms with E-state index in [1.807, 2.05) is 19.1 Å². The molecule has 0 N–H and O–H groups in total. The van der Waals surface area contributed by atoms with Gasteiger partial charge in [0.25, 0.3) is 11.8 Å². The molecular weight excluding hydrogens is 437 g/mol. The minimum absolute atomic E-state index is 0.165. The first-order valence-electron chi connectivity index (χ1n) is 10.6. The summed E-state index contributed by atoms with van der Waals surface area (Å²) < 4.78 is 49.3. The summed E-state index contributed by atoms with van der Waals surface area (Å²) in [5.41, 5.74) is 0.964. The molecule has 33 heavy (non-hydrogen) atoms. The van der Waals surface area contributed by atoms with Gasteiger partial charge in [-0.2, -0.15) is 13.2 Å². The minimum Gasteiger partial charge on any atom is -0.383 e. The molecule has 1 fully saturated rings. The van der Waals surface area contributed by atoms with Crippen molar-refractivity contribution in [2.45, 2.75) is 19.2 Å². The maximum atomic E-state index is 13.0. The van der Waals surface area contributed by atoms with Gasteiger partial charge in [0.05, 0.1) is 24.9 Å². The molecular formula is C24H27F3N2O4. The lowest BCUT2D eigenvalue weighted by molar-refractivity contribution is -0.137. The summed E-state index contributed by atoms with van der Waals surface area (Å²) in [6.07, 6.45) is -4.88. The third-order valence-corrected chi connectivity index (χ3v) is 5.46. The highest BCUT2D eigenvalue weighted by molar-refractivity contribution is 5.95. The zero-order valence-corrected chi connectivity index (χ0v) is 18.6. The van der Waals surface area contributed by atoms with Crippen LogP contribution in [0, 0.1) is 6.92 Å². The van der Waals surface area contributed by atoms with Gasteiger partial charge in [-0.3, -0.25) is 9.59 Å². The number of hydrogen-bond acceptors (Lipinski definition) is 4. The maximum absolute atomic E-state index is 13.0. The van der Waals surface area contributed by atoms with Crippen LogP contribution in [0.15, 0.2) is 48.5 Å². The second kappa shape index (κ2) is 10.8. The fourth-order valence-electron chi connectivity index (χ4n) is 3.60. The molecule has 0 saturated carbocycles. The molecule has 6 nitrogen and oxygen atoms in total. The van der Waals surface area contributed by atoms with Crippen LogP contribution < -0.4 is 0 Å². The number of alkyl halides is 3. The number of carbonyl (C=O) groups is 2.